The van der Waals surface area contributed by atoms with E-state index in [1.54, 1.807) is 17.5 Å². The van der Waals surface area contributed by atoms with Crippen molar-refractivity contribution in [1.82, 2.24) is 24.6 Å². The number of carbonyl (C=O) groups excluding carboxylic acids is 1. The zero-order valence-electron chi connectivity index (χ0n) is 11.0. The van der Waals surface area contributed by atoms with Crippen LogP contribution in [-0.2, 0) is 19.5 Å². The summed E-state index contributed by atoms with van der Waals surface area (Å²) < 4.78 is 2.11. The van der Waals surface area contributed by atoms with Gasteiger partial charge in [-0.2, -0.15) is 0 Å². The Hall–Kier alpha value is -1.76. The first-order valence-electron chi connectivity index (χ1n) is 6.23. The van der Waals surface area contributed by atoms with Crippen LogP contribution >= 0.6 is 11.3 Å². The summed E-state index contributed by atoms with van der Waals surface area (Å²) in [4.78, 5) is 18.8. The Morgan fingerprint density at radius 1 is 1.53 bits per heavy atom. The predicted octanol–water partition coefficient (Wildman–Crippen LogP) is 1.26. The van der Waals surface area contributed by atoms with Gasteiger partial charge in [-0.25, -0.2) is 4.98 Å². The Labute approximate surface area is 115 Å². The minimum absolute atomic E-state index is 0.00431. The van der Waals surface area contributed by atoms with Gasteiger partial charge in [-0.05, 0) is 13.3 Å². The highest BCUT2D eigenvalue weighted by Gasteiger charge is 2.21. The van der Waals surface area contributed by atoms with E-state index >= 15 is 0 Å². The van der Waals surface area contributed by atoms with Gasteiger partial charge in [0.1, 0.15) is 10.7 Å². The molecule has 3 rings (SSSR count). The van der Waals surface area contributed by atoms with Gasteiger partial charge in [-0.3, -0.25) is 4.79 Å². The number of rotatable bonds is 3. The normalized spacial score (nSPS) is 13.6. The van der Waals surface area contributed by atoms with Gasteiger partial charge >= 0.3 is 0 Å². The molecule has 1 aliphatic heterocycles. The molecule has 0 radical (unpaired) electrons. The van der Waals surface area contributed by atoms with Gasteiger partial charge in [0.25, 0.3) is 5.91 Å². The van der Waals surface area contributed by atoms with Crippen molar-refractivity contribution in [2.45, 2.75) is 32.9 Å². The monoisotopic (exact) mass is 277 g/mol. The molecule has 0 saturated carbocycles. The number of thiazole rings is 1. The number of carbonyl (C=O) groups is 1. The average molecular weight is 277 g/mol. The van der Waals surface area contributed by atoms with E-state index in [-0.39, 0.29) is 5.91 Å². The highest BCUT2D eigenvalue weighted by molar-refractivity contribution is 7.11. The van der Waals surface area contributed by atoms with E-state index in [0.717, 1.165) is 36.7 Å². The summed E-state index contributed by atoms with van der Waals surface area (Å²) in [5, 5.41) is 8.33. The van der Waals surface area contributed by atoms with E-state index in [9.17, 15) is 4.79 Å². The Morgan fingerprint density at radius 2 is 2.37 bits per heavy atom. The molecule has 0 fully saturated rings. The maximum atomic E-state index is 12.3. The summed E-state index contributed by atoms with van der Waals surface area (Å²) in [5.74, 6) is 1.89. The summed E-state index contributed by atoms with van der Waals surface area (Å²) >= 11 is 1.38. The quantitative estimate of drug-likeness (QED) is 0.847. The van der Waals surface area contributed by atoms with Crippen molar-refractivity contribution in [3.8, 4) is 0 Å². The fourth-order valence-corrected chi connectivity index (χ4v) is 3.09. The van der Waals surface area contributed by atoms with E-state index in [1.165, 1.54) is 11.3 Å². The predicted molar refractivity (Wildman–Crippen MR) is 71.0 cm³/mol. The zero-order valence-corrected chi connectivity index (χ0v) is 11.8. The molecule has 0 aliphatic carbocycles. The number of hydrogen-bond acceptors (Lipinski definition) is 5. The molecule has 0 saturated heterocycles. The van der Waals surface area contributed by atoms with Crippen molar-refractivity contribution in [2.75, 3.05) is 7.05 Å². The molecule has 0 aromatic carbocycles. The highest BCUT2D eigenvalue weighted by Crippen LogP contribution is 2.18. The van der Waals surface area contributed by atoms with Crippen LogP contribution in [0.3, 0.4) is 0 Å². The van der Waals surface area contributed by atoms with Gasteiger partial charge in [0.05, 0.1) is 17.7 Å². The highest BCUT2D eigenvalue weighted by atomic mass is 32.1. The summed E-state index contributed by atoms with van der Waals surface area (Å²) in [5.41, 5.74) is 2.49. The molecule has 0 N–H and O–H groups in total. The first-order chi connectivity index (χ1) is 9.16. The lowest BCUT2D eigenvalue weighted by Crippen LogP contribution is -2.27. The fraction of sp³-hybridized carbons (Fsp3) is 0.500. The zero-order chi connectivity index (χ0) is 13.4. The Balaban J connectivity index is 1.76. The van der Waals surface area contributed by atoms with Crippen molar-refractivity contribution >= 4 is 17.2 Å². The molecule has 19 heavy (non-hydrogen) atoms. The lowest BCUT2D eigenvalue weighted by atomic mass is 10.3. The van der Waals surface area contributed by atoms with Crippen molar-refractivity contribution < 1.29 is 4.79 Å². The molecule has 7 heteroatoms. The second kappa shape index (κ2) is 4.73. The maximum absolute atomic E-state index is 12.3. The van der Waals surface area contributed by atoms with Crippen LogP contribution in [0.4, 0.5) is 0 Å². The molecule has 6 nitrogen and oxygen atoms in total. The maximum Gasteiger partial charge on any atom is 0.265 e. The van der Waals surface area contributed by atoms with Crippen molar-refractivity contribution in [3.05, 3.63) is 27.7 Å². The van der Waals surface area contributed by atoms with Crippen molar-refractivity contribution in [2.24, 2.45) is 0 Å². The van der Waals surface area contributed by atoms with Crippen LogP contribution < -0.4 is 0 Å². The molecule has 2 aromatic rings. The van der Waals surface area contributed by atoms with Crippen LogP contribution in [0.1, 0.15) is 33.4 Å². The second-order valence-corrected chi connectivity index (χ2v) is 5.57. The van der Waals surface area contributed by atoms with E-state index in [4.69, 9.17) is 0 Å². The van der Waals surface area contributed by atoms with E-state index in [1.807, 2.05) is 6.92 Å². The standard InChI is InChI=1S/C12H15N5OS/c1-8-11(19-7-13-8)12(18)16(2)6-10-15-14-9-4-3-5-17(9)10/h7H,3-6H2,1-2H3. The van der Waals surface area contributed by atoms with E-state index < -0.39 is 0 Å². The number of aryl methyl sites for hydroxylation is 2. The summed E-state index contributed by atoms with van der Waals surface area (Å²) in [6.45, 7) is 3.30. The fourth-order valence-electron chi connectivity index (χ4n) is 2.29. The largest absolute Gasteiger partial charge is 0.333 e. The molecule has 1 amide bonds. The van der Waals surface area contributed by atoms with Crippen molar-refractivity contribution in [3.63, 3.8) is 0 Å². The van der Waals surface area contributed by atoms with Crippen LogP contribution in [0.15, 0.2) is 5.51 Å². The molecule has 3 heterocycles. The van der Waals surface area contributed by atoms with Gasteiger partial charge < -0.3 is 9.47 Å². The summed E-state index contributed by atoms with van der Waals surface area (Å²) in [7, 11) is 1.79. The van der Waals surface area contributed by atoms with Gasteiger partial charge in [0.2, 0.25) is 0 Å². The number of amides is 1. The smallest absolute Gasteiger partial charge is 0.265 e. The molecule has 0 atom stereocenters. The summed E-state index contributed by atoms with van der Waals surface area (Å²) in [6, 6.07) is 0. The molecule has 2 aromatic heterocycles. The van der Waals surface area contributed by atoms with Crippen LogP contribution in [0, 0.1) is 6.92 Å². The molecular weight excluding hydrogens is 262 g/mol. The third-order valence-corrected chi connectivity index (χ3v) is 4.27. The molecule has 100 valence electrons. The molecule has 0 spiro atoms. The topological polar surface area (TPSA) is 63.9 Å². The van der Waals surface area contributed by atoms with Gasteiger partial charge in [0.15, 0.2) is 5.82 Å². The van der Waals surface area contributed by atoms with Gasteiger partial charge in [-0.1, -0.05) is 0 Å². The first-order valence-corrected chi connectivity index (χ1v) is 7.11. The Morgan fingerprint density at radius 3 is 3.11 bits per heavy atom. The van der Waals surface area contributed by atoms with Crippen LogP contribution in [-0.4, -0.2) is 37.6 Å². The van der Waals surface area contributed by atoms with Crippen LogP contribution in [0.25, 0.3) is 0 Å². The Bertz CT molecular complexity index is 617. The minimum Gasteiger partial charge on any atom is -0.333 e. The SMILES string of the molecule is Cc1ncsc1C(=O)N(C)Cc1nnc2n1CCC2. The minimum atomic E-state index is -0.00431. The van der Waals surface area contributed by atoms with Crippen molar-refractivity contribution in [1.29, 1.82) is 0 Å². The third-order valence-electron chi connectivity index (χ3n) is 3.35. The second-order valence-electron chi connectivity index (χ2n) is 4.72. The lowest BCUT2D eigenvalue weighted by molar-refractivity contribution is 0.0784. The van der Waals surface area contributed by atoms with Gasteiger partial charge in [0, 0.05) is 20.0 Å². The molecular formula is C12H15N5OS. The average Bonchev–Trinajstić information content (AvgIpc) is 3.06. The molecule has 0 bridgehead atoms. The molecule has 1 aliphatic rings. The van der Waals surface area contributed by atoms with Gasteiger partial charge in [-0.15, -0.1) is 21.5 Å². The number of fused-ring (bicyclic) bond motifs is 1. The molecule has 0 unspecified atom stereocenters. The Kier molecular flexibility index (Phi) is 3.06. The number of nitrogens with zero attached hydrogens (tertiary/aromatic N) is 5. The van der Waals surface area contributed by atoms with Crippen LogP contribution in [0.5, 0.6) is 0 Å². The summed E-state index contributed by atoms with van der Waals surface area (Å²) in [6.07, 6.45) is 2.10. The first kappa shape index (κ1) is 12.3. The van der Waals surface area contributed by atoms with E-state index in [2.05, 4.69) is 19.7 Å². The number of aromatic nitrogens is 4. The number of hydrogen-bond donors (Lipinski definition) is 0. The van der Waals surface area contributed by atoms with Crippen LogP contribution in [0.2, 0.25) is 0 Å². The lowest BCUT2D eigenvalue weighted by Gasteiger charge is -2.16. The van der Waals surface area contributed by atoms with E-state index in [0.29, 0.717) is 11.4 Å². The third kappa shape index (κ3) is 2.14.